The molecule has 3 aliphatic rings. The number of ether oxygens (including phenoxy) is 1. The molecule has 3 heterocycles. The number of hydrogen-bond donors (Lipinski definition) is 0. The summed E-state index contributed by atoms with van der Waals surface area (Å²) < 4.78 is 34.7. The van der Waals surface area contributed by atoms with Gasteiger partial charge in [-0.25, -0.2) is 13.4 Å². The minimum absolute atomic E-state index is 0.170. The molecule has 2 saturated carbocycles. The van der Waals surface area contributed by atoms with E-state index in [0.29, 0.717) is 25.6 Å². The van der Waals surface area contributed by atoms with Crippen molar-refractivity contribution in [3.63, 3.8) is 0 Å². The van der Waals surface area contributed by atoms with Crippen molar-refractivity contribution >= 4 is 15.5 Å². The summed E-state index contributed by atoms with van der Waals surface area (Å²) in [4.78, 5) is 4.58. The van der Waals surface area contributed by atoms with Gasteiger partial charge < -0.3 is 9.14 Å². The third-order valence-electron chi connectivity index (χ3n) is 5.27. The molecule has 24 heavy (non-hydrogen) atoms. The van der Waals surface area contributed by atoms with Crippen LogP contribution < -0.4 is 0 Å². The number of sulfonamides is 1. The van der Waals surface area contributed by atoms with Crippen molar-refractivity contribution in [2.24, 2.45) is 0 Å². The Kier molecular flexibility index (Phi) is 3.27. The summed E-state index contributed by atoms with van der Waals surface area (Å²) in [5, 5.41) is -0.170. The maximum absolute atomic E-state index is 12.5. The fourth-order valence-electron chi connectivity index (χ4n) is 3.62. The van der Waals surface area contributed by atoms with Gasteiger partial charge in [0, 0.05) is 18.8 Å². The zero-order valence-corrected chi connectivity index (χ0v) is 14.3. The smallest absolute Gasteiger partial charge is 0.217 e. The Morgan fingerprint density at radius 3 is 2.75 bits per heavy atom. The molecule has 2 aliphatic carbocycles. The van der Waals surface area contributed by atoms with Gasteiger partial charge in [-0.3, -0.25) is 0 Å². The molecule has 7 heteroatoms. The summed E-state index contributed by atoms with van der Waals surface area (Å²) in [6, 6.07) is 6.27. The van der Waals surface area contributed by atoms with E-state index in [4.69, 9.17) is 4.74 Å². The van der Waals surface area contributed by atoms with Crippen LogP contribution in [0.5, 0.6) is 0 Å². The third-order valence-corrected chi connectivity index (χ3v) is 7.63. The average molecular weight is 347 g/mol. The quantitative estimate of drug-likeness (QED) is 0.849. The Morgan fingerprint density at radius 2 is 2.00 bits per heavy atom. The number of fused-ring (bicyclic) bond motifs is 1. The summed E-state index contributed by atoms with van der Waals surface area (Å²) in [5.41, 5.74) is 3.19. The number of nitrogens with zero attached hydrogens (tertiary/aromatic N) is 3. The van der Waals surface area contributed by atoms with Crippen LogP contribution in [0.3, 0.4) is 0 Å². The van der Waals surface area contributed by atoms with E-state index in [1.165, 1.54) is 18.5 Å². The number of pyridine rings is 1. The normalized spacial score (nSPS) is 26.1. The van der Waals surface area contributed by atoms with Crippen molar-refractivity contribution in [2.45, 2.75) is 43.0 Å². The summed E-state index contributed by atoms with van der Waals surface area (Å²) in [6.45, 7) is 1.26. The molecule has 1 aliphatic heterocycles. The molecule has 0 spiro atoms. The Labute approximate surface area is 141 Å². The van der Waals surface area contributed by atoms with E-state index < -0.39 is 10.0 Å². The van der Waals surface area contributed by atoms with Crippen molar-refractivity contribution in [3.05, 3.63) is 35.9 Å². The highest BCUT2D eigenvalue weighted by molar-refractivity contribution is 7.90. The van der Waals surface area contributed by atoms with E-state index in [0.717, 1.165) is 24.1 Å². The highest BCUT2D eigenvalue weighted by Gasteiger charge is 2.42. The molecule has 6 nitrogen and oxygen atoms in total. The number of aromatic nitrogens is 2. The van der Waals surface area contributed by atoms with Crippen LogP contribution in [0.2, 0.25) is 0 Å². The number of rotatable bonds is 4. The molecule has 1 atom stereocenters. The van der Waals surface area contributed by atoms with Crippen molar-refractivity contribution < 1.29 is 13.2 Å². The summed E-state index contributed by atoms with van der Waals surface area (Å²) >= 11 is 0. The van der Waals surface area contributed by atoms with Gasteiger partial charge in [0.2, 0.25) is 10.0 Å². The minimum Gasteiger partial charge on any atom is -0.369 e. The van der Waals surface area contributed by atoms with Gasteiger partial charge in [-0.05, 0) is 43.7 Å². The van der Waals surface area contributed by atoms with Crippen LogP contribution in [0.1, 0.15) is 49.1 Å². The molecule has 0 amide bonds. The molecular formula is C17H21N3O3S. The lowest BCUT2D eigenvalue weighted by atomic mass is 10.1. The average Bonchev–Trinajstić information content (AvgIpc) is 3.50. The van der Waals surface area contributed by atoms with E-state index in [-0.39, 0.29) is 11.4 Å². The predicted octanol–water partition coefficient (Wildman–Crippen LogP) is 2.08. The first-order valence-electron chi connectivity index (χ1n) is 8.71. The van der Waals surface area contributed by atoms with E-state index >= 15 is 0 Å². The lowest BCUT2D eigenvalue weighted by molar-refractivity contribution is -0.00395. The molecule has 2 aromatic heterocycles. The molecule has 1 saturated heterocycles. The predicted molar refractivity (Wildman–Crippen MR) is 89.4 cm³/mol. The fourth-order valence-corrected chi connectivity index (χ4v) is 5.45. The molecule has 128 valence electrons. The Hall–Kier alpha value is -1.44. The van der Waals surface area contributed by atoms with Crippen molar-refractivity contribution in [1.82, 2.24) is 13.7 Å². The summed E-state index contributed by atoms with van der Waals surface area (Å²) in [5.74, 6) is 0.634. The monoisotopic (exact) mass is 347 g/mol. The molecule has 0 bridgehead atoms. The van der Waals surface area contributed by atoms with Crippen LogP contribution >= 0.6 is 0 Å². The molecule has 3 fully saturated rings. The first kappa shape index (κ1) is 14.9. The van der Waals surface area contributed by atoms with Crippen LogP contribution in [0, 0.1) is 0 Å². The largest absolute Gasteiger partial charge is 0.369 e. The van der Waals surface area contributed by atoms with Crippen LogP contribution in [-0.2, 0) is 14.8 Å². The lowest BCUT2D eigenvalue weighted by Gasteiger charge is -2.31. The lowest BCUT2D eigenvalue weighted by Crippen LogP contribution is -2.43. The van der Waals surface area contributed by atoms with Gasteiger partial charge in [0.05, 0.1) is 29.4 Å². The van der Waals surface area contributed by atoms with Gasteiger partial charge in [0.15, 0.2) is 0 Å². The maximum Gasteiger partial charge on any atom is 0.217 e. The second kappa shape index (κ2) is 5.28. The van der Waals surface area contributed by atoms with E-state index in [9.17, 15) is 8.42 Å². The molecule has 5 rings (SSSR count). The highest BCUT2D eigenvalue weighted by atomic mass is 32.2. The van der Waals surface area contributed by atoms with Crippen molar-refractivity contribution in [3.8, 4) is 0 Å². The third kappa shape index (κ3) is 2.37. The topological polar surface area (TPSA) is 63.9 Å². The Bertz CT molecular complexity index is 884. The van der Waals surface area contributed by atoms with Gasteiger partial charge >= 0.3 is 0 Å². The fraction of sp³-hybridized carbons (Fsp3) is 0.588. The summed E-state index contributed by atoms with van der Waals surface area (Å²) in [7, 11) is -3.16. The maximum atomic E-state index is 12.5. The zero-order chi connectivity index (χ0) is 16.3. The first-order valence-corrected chi connectivity index (χ1v) is 10.2. The van der Waals surface area contributed by atoms with Gasteiger partial charge in [-0.1, -0.05) is 6.07 Å². The van der Waals surface area contributed by atoms with Gasteiger partial charge in [-0.2, -0.15) is 4.31 Å². The first-order chi connectivity index (χ1) is 11.6. The number of imidazole rings is 1. The van der Waals surface area contributed by atoms with E-state index in [1.807, 2.05) is 12.4 Å². The van der Waals surface area contributed by atoms with Crippen LogP contribution in [0.15, 0.2) is 24.5 Å². The van der Waals surface area contributed by atoms with Gasteiger partial charge in [0.25, 0.3) is 0 Å². The zero-order valence-electron chi connectivity index (χ0n) is 13.5. The molecule has 0 radical (unpaired) electrons. The summed E-state index contributed by atoms with van der Waals surface area (Å²) in [6.07, 6.45) is 5.63. The number of morpholine rings is 1. The molecule has 0 aromatic carbocycles. The molecule has 1 unspecified atom stereocenters. The second-order valence-corrected chi connectivity index (χ2v) is 9.28. The minimum atomic E-state index is -3.16. The second-order valence-electron chi connectivity index (χ2n) is 7.07. The SMILES string of the molecule is O=S(=O)(C1CC1)N1CCOC(c2ncn3c(C4CC4)cccc23)C1. The van der Waals surface area contributed by atoms with Crippen LogP contribution in [-0.4, -0.2) is 47.1 Å². The van der Waals surface area contributed by atoms with Gasteiger partial charge in [-0.15, -0.1) is 0 Å². The Morgan fingerprint density at radius 1 is 1.17 bits per heavy atom. The van der Waals surface area contributed by atoms with Gasteiger partial charge in [0.1, 0.15) is 6.10 Å². The standard InChI is InChI=1S/C17H21N3O3S/c21-24(22,13-6-7-13)19-8-9-23-16(10-19)17-15-3-1-2-14(12-4-5-12)20(15)11-18-17/h1-3,11-13,16H,4-10H2. The van der Waals surface area contributed by atoms with E-state index in [2.05, 4.69) is 21.5 Å². The van der Waals surface area contributed by atoms with Crippen LogP contribution in [0.4, 0.5) is 0 Å². The highest BCUT2D eigenvalue weighted by Crippen LogP contribution is 2.41. The molecule has 2 aromatic rings. The van der Waals surface area contributed by atoms with Crippen molar-refractivity contribution in [2.75, 3.05) is 19.7 Å². The van der Waals surface area contributed by atoms with Crippen molar-refractivity contribution in [1.29, 1.82) is 0 Å². The van der Waals surface area contributed by atoms with E-state index in [1.54, 1.807) is 4.31 Å². The van der Waals surface area contributed by atoms with Crippen LogP contribution in [0.25, 0.3) is 5.52 Å². The Balaban J connectivity index is 1.47. The number of hydrogen-bond acceptors (Lipinski definition) is 4. The molecule has 0 N–H and O–H groups in total. The molecular weight excluding hydrogens is 326 g/mol.